The van der Waals surface area contributed by atoms with E-state index in [9.17, 15) is 14.7 Å². The fourth-order valence-electron chi connectivity index (χ4n) is 6.22. The normalized spacial score (nSPS) is 27.4. The summed E-state index contributed by atoms with van der Waals surface area (Å²) in [6.07, 6.45) is 1.48. The van der Waals surface area contributed by atoms with Gasteiger partial charge in [-0.15, -0.1) is 0 Å². The fraction of sp³-hybridized carbons (Fsp3) is 0.483. The molecule has 3 aliphatic rings. The Hall–Kier alpha value is -3.43. The molecule has 9 heteroatoms. The van der Waals surface area contributed by atoms with Gasteiger partial charge >= 0.3 is 0 Å². The number of amides is 2. The first-order chi connectivity index (χ1) is 18.1. The van der Waals surface area contributed by atoms with Crippen LogP contribution in [-0.2, 0) is 16.0 Å². The van der Waals surface area contributed by atoms with Crippen molar-refractivity contribution in [1.82, 2.24) is 15.5 Å². The van der Waals surface area contributed by atoms with Gasteiger partial charge in [0.1, 0.15) is 11.8 Å². The van der Waals surface area contributed by atoms with Crippen LogP contribution in [0.5, 0.6) is 5.75 Å². The average Bonchev–Trinajstić information content (AvgIpc) is 3.36. The third-order valence-corrected chi connectivity index (χ3v) is 8.40. The lowest BCUT2D eigenvalue weighted by atomic mass is 9.84. The third kappa shape index (κ3) is 4.23. The number of hydrogen-bond acceptors (Lipinski definition) is 6. The van der Waals surface area contributed by atoms with Crippen LogP contribution in [0.1, 0.15) is 79.2 Å². The van der Waals surface area contributed by atoms with E-state index in [0.29, 0.717) is 23.3 Å². The molecule has 202 valence electrons. The van der Waals surface area contributed by atoms with E-state index in [-0.39, 0.29) is 30.8 Å². The van der Waals surface area contributed by atoms with Crippen molar-refractivity contribution in [3.05, 3.63) is 64.7 Å². The minimum Gasteiger partial charge on any atom is -0.482 e. The second-order valence-corrected chi connectivity index (χ2v) is 10.8. The highest BCUT2D eigenvalue weighted by Gasteiger charge is 2.53. The van der Waals surface area contributed by atoms with Crippen LogP contribution < -0.4 is 15.4 Å². The number of methoxy groups -OCH3 is 1. The highest BCUT2D eigenvalue weighted by atomic mass is 16.5. The Balaban J connectivity index is 1.47. The van der Waals surface area contributed by atoms with Crippen LogP contribution in [0.4, 0.5) is 0 Å². The van der Waals surface area contributed by atoms with Crippen molar-refractivity contribution >= 4 is 17.8 Å². The number of carbonyl (C=O) groups is 2. The Kier molecular flexibility index (Phi) is 6.69. The van der Waals surface area contributed by atoms with Crippen LogP contribution in [-0.4, -0.2) is 58.7 Å². The summed E-state index contributed by atoms with van der Waals surface area (Å²) in [4.78, 5) is 28.4. The molecule has 9 nitrogen and oxygen atoms in total. The van der Waals surface area contributed by atoms with Gasteiger partial charge in [-0.3, -0.25) is 19.9 Å². The fourth-order valence-corrected chi connectivity index (χ4v) is 6.22. The highest BCUT2D eigenvalue weighted by Crippen LogP contribution is 2.48. The summed E-state index contributed by atoms with van der Waals surface area (Å²) in [5.74, 6) is 0.0682. The van der Waals surface area contributed by atoms with Gasteiger partial charge in [-0.25, -0.2) is 0 Å². The maximum Gasteiger partial charge on any atom is 0.251 e. The van der Waals surface area contributed by atoms with E-state index in [1.165, 1.54) is 4.90 Å². The number of nitrogens with one attached hydrogen (secondary N) is 3. The van der Waals surface area contributed by atoms with Gasteiger partial charge in [0, 0.05) is 30.2 Å². The van der Waals surface area contributed by atoms with E-state index in [0.717, 1.165) is 24.0 Å². The Labute approximate surface area is 223 Å². The summed E-state index contributed by atoms with van der Waals surface area (Å²) in [5, 5.41) is 25.7. The van der Waals surface area contributed by atoms with Crippen molar-refractivity contribution < 1.29 is 24.2 Å². The molecule has 2 aliphatic heterocycles. The van der Waals surface area contributed by atoms with Crippen LogP contribution in [0.2, 0.25) is 0 Å². The molecule has 38 heavy (non-hydrogen) atoms. The van der Waals surface area contributed by atoms with E-state index in [2.05, 4.69) is 10.6 Å². The molecule has 1 saturated heterocycles. The maximum atomic E-state index is 13.6. The molecule has 1 aliphatic carbocycles. The summed E-state index contributed by atoms with van der Waals surface area (Å²) < 4.78 is 11.8. The molecule has 4 atom stereocenters. The predicted molar refractivity (Wildman–Crippen MR) is 142 cm³/mol. The molecule has 0 saturated carbocycles. The Morgan fingerprint density at radius 1 is 1.24 bits per heavy atom. The van der Waals surface area contributed by atoms with Gasteiger partial charge in [0.05, 0.1) is 25.2 Å². The zero-order valence-electron chi connectivity index (χ0n) is 22.3. The number of aliphatic hydroxyl groups is 1. The number of rotatable bonds is 7. The minimum absolute atomic E-state index is 0.0225. The number of carbonyl (C=O) groups excluding carboxylic acids is 2. The van der Waals surface area contributed by atoms with Crippen LogP contribution in [0.15, 0.2) is 42.5 Å². The lowest BCUT2D eigenvalue weighted by Crippen LogP contribution is -2.65. The van der Waals surface area contributed by atoms with Gasteiger partial charge in [-0.1, -0.05) is 38.1 Å². The SMILES string of the molecule is CCC1(CC)CC(=O)N([C@H]2c3cc(C(=O)N[C@@H]4c5ccccc5C[C@H]4O)ccc3O[C@@]2(C)COC)C(=N)N1. The first-order valence-corrected chi connectivity index (χ1v) is 13.2. The smallest absolute Gasteiger partial charge is 0.251 e. The molecule has 0 aromatic heterocycles. The van der Waals surface area contributed by atoms with Gasteiger partial charge in [0.15, 0.2) is 11.6 Å². The second-order valence-electron chi connectivity index (χ2n) is 10.8. The number of fused-ring (bicyclic) bond motifs is 2. The molecular weight excluding hydrogens is 484 g/mol. The lowest BCUT2D eigenvalue weighted by molar-refractivity contribution is -0.137. The van der Waals surface area contributed by atoms with Crippen molar-refractivity contribution in [2.45, 2.75) is 75.8 Å². The summed E-state index contributed by atoms with van der Waals surface area (Å²) in [6.45, 7) is 6.07. The molecule has 0 unspecified atom stereocenters. The number of ether oxygens (including phenoxy) is 2. The first kappa shape index (κ1) is 26.2. The maximum absolute atomic E-state index is 13.6. The topological polar surface area (TPSA) is 124 Å². The minimum atomic E-state index is -0.963. The van der Waals surface area contributed by atoms with Crippen LogP contribution in [0.3, 0.4) is 0 Å². The number of nitrogens with zero attached hydrogens (tertiary/aromatic N) is 1. The molecule has 1 fully saturated rings. The second kappa shape index (κ2) is 9.71. The molecule has 2 aromatic rings. The molecule has 2 aromatic carbocycles. The van der Waals surface area contributed by atoms with E-state index in [1.54, 1.807) is 25.3 Å². The number of aliphatic hydroxyl groups excluding tert-OH is 1. The van der Waals surface area contributed by atoms with Crippen molar-refractivity contribution in [1.29, 1.82) is 5.41 Å². The van der Waals surface area contributed by atoms with Gasteiger partial charge in [0.25, 0.3) is 5.91 Å². The largest absolute Gasteiger partial charge is 0.482 e. The van der Waals surface area contributed by atoms with Crippen LogP contribution >= 0.6 is 0 Å². The molecule has 0 radical (unpaired) electrons. The van der Waals surface area contributed by atoms with Crippen molar-refractivity contribution in [2.75, 3.05) is 13.7 Å². The average molecular weight is 521 g/mol. The molecule has 2 heterocycles. The zero-order chi connectivity index (χ0) is 27.2. The van der Waals surface area contributed by atoms with Gasteiger partial charge < -0.3 is 25.2 Å². The van der Waals surface area contributed by atoms with E-state index in [4.69, 9.17) is 14.9 Å². The van der Waals surface area contributed by atoms with Crippen LogP contribution in [0.25, 0.3) is 0 Å². The van der Waals surface area contributed by atoms with Crippen molar-refractivity contribution in [2.24, 2.45) is 0 Å². The summed E-state index contributed by atoms with van der Waals surface area (Å²) in [7, 11) is 1.57. The molecule has 0 bridgehead atoms. The summed E-state index contributed by atoms with van der Waals surface area (Å²) in [6, 6.07) is 11.7. The highest BCUT2D eigenvalue weighted by molar-refractivity contribution is 6.00. The van der Waals surface area contributed by atoms with Gasteiger partial charge in [-0.2, -0.15) is 0 Å². The number of benzene rings is 2. The lowest BCUT2D eigenvalue weighted by Gasteiger charge is -2.46. The molecule has 5 rings (SSSR count). The molecule has 2 amide bonds. The Bertz CT molecular complexity index is 1260. The van der Waals surface area contributed by atoms with Gasteiger partial charge in [0.2, 0.25) is 5.91 Å². The third-order valence-electron chi connectivity index (χ3n) is 8.40. The monoisotopic (exact) mass is 520 g/mol. The Morgan fingerprint density at radius 2 is 1.97 bits per heavy atom. The van der Waals surface area contributed by atoms with E-state index < -0.39 is 29.3 Å². The van der Waals surface area contributed by atoms with E-state index in [1.807, 2.05) is 45.0 Å². The summed E-state index contributed by atoms with van der Waals surface area (Å²) in [5.41, 5.74) is 1.55. The van der Waals surface area contributed by atoms with Crippen LogP contribution in [0, 0.1) is 5.41 Å². The summed E-state index contributed by atoms with van der Waals surface area (Å²) >= 11 is 0. The predicted octanol–water partition coefficient (Wildman–Crippen LogP) is 3.23. The molecular formula is C29H36N4O5. The van der Waals surface area contributed by atoms with Gasteiger partial charge in [-0.05, 0) is 49.1 Å². The van der Waals surface area contributed by atoms with Crippen molar-refractivity contribution in [3.8, 4) is 5.75 Å². The van der Waals surface area contributed by atoms with Crippen molar-refractivity contribution in [3.63, 3.8) is 0 Å². The first-order valence-electron chi connectivity index (χ1n) is 13.2. The number of hydrogen-bond donors (Lipinski definition) is 4. The quantitative estimate of drug-likeness (QED) is 0.445. The molecule has 4 N–H and O–H groups in total. The Morgan fingerprint density at radius 3 is 2.66 bits per heavy atom. The van der Waals surface area contributed by atoms with E-state index >= 15 is 0 Å². The zero-order valence-corrected chi connectivity index (χ0v) is 22.3. The molecule has 0 spiro atoms. The number of guanidine groups is 1. The standard InChI is InChI=1S/C29H36N4O5/c1-5-29(6-2)15-23(35)33(27(30)32-29)25-20-13-18(11-12-22(20)38-28(25,3)16-37-4)26(36)31-24-19-10-8-7-9-17(19)14-21(24)34/h7-13,21,24-25,34H,5-6,14-16H2,1-4H3,(H2,30,32)(H,31,36)/t21-,24-,25+,28+/m1/s1.